The topological polar surface area (TPSA) is 59.0 Å². The van der Waals surface area contributed by atoms with Crippen molar-refractivity contribution < 1.29 is 4.79 Å². The molecule has 1 saturated carbocycles. The Bertz CT molecular complexity index is 598. The second-order valence-corrected chi connectivity index (χ2v) is 5.12. The molecule has 0 aromatic carbocycles. The summed E-state index contributed by atoms with van der Waals surface area (Å²) < 4.78 is 0. The van der Waals surface area contributed by atoms with Crippen LogP contribution in [0.25, 0.3) is 0 Å². The van der Waals surface area contributed by atoms with Gasteiger partial charge in [0, 0.05) is 18.4 Å². The quantitative estimate of drug-likeness (QED) is 0.866. The van der Waals surface area contributed by atoms with Crippen LogP contribution in [-0.2, 0) is 6.54 Å². The van der Waals surface area contributed by atoms with Crippen LogP contribution in [0.3, 0.4) is 0 Å². The zero-order valence-corrected chi connectivity index (χ0v) is 11.5. The highest BCUT2D eigenvalue weighted by Gasteiger charge is 2.33. The molecule has 0 saturated heterocycles. The molecule has 2 aromatic rings. The lowest BCUT2D eigenvalue weighted by Gasteiger charge is -2.21. The van der Waals surface area contributed by atoms with Crippen molar-refractivity contribution in [3.63, 3.8) is 0 Å². The fourth-order valence-corrected chi connectivity index (χ4v) is 2.10. The van der Waals surface area contributed by atoms with Crippen molar-refractivity contribution in [2.45, 2.75) is 25.4 Å². The van der Waals surface area contributed by atoms with E-state index < -0.39 is 0 Å². The van der Waals surface area contributed by atoms with Gasteiger partial charge in [-0.3, -0.25) is 14.8 Å². The Morgan fingerprint density at radius 1 is 1.30 bits per heavy atom. The molecule has 5 nitrogen and oxygen atoms in total. The number of hydrogen-bond donors (Lipinski definition) is 0. The summed E-state index contributed by atoms with van der Waals surface area (Å²) in [5, 5.41) is 0.352. The van der Waals surface area contributed by atoms with E-state index in [0.717, 1.165) is 18.5 Å². The van der Waals surface area contributed by atoms with Gasteiger partial charge in [0.2, 0.25) is 0 Å². The molecule has 0 atom stereocenters. The van der Waals surface area contributed by atoms with Crippen LogP contribution >= 0.6 is 11.6 Å². The maximum absolute atomic E-state index is 12.5. The van der Waals surface area contributed by atoms with Gasteiger partial charge in [0.25, 0.3) is 5.91 Å². The monoisotopic (exact) mass is 288 g/mol. The van der Waals surface area contributed by atoms with Crippen LogP contribution in [0.5, 0.6) is 0 Å². The predicted molar refractivity (Wildman–Crippen MR) is 74.2 cm³/mol. The molecule has 0 unspecified atom stereocenters. The number of nitrogens with zero attached hydrogens (tertiary/aromatic N) is 4. The molecule has 6 heteroatoms. The van der Waals surface area contributed by atoms with E-state index in [4.69, 9.17) is 11.6 Å². The first-order valence-corrected chi connectivity index (χ1v) is 6.79. The van der Waals surface area contributed by atoms with Crippen LogP contribution in [0.15, 0.2) is 36.9 Å². The van der Waals surface area contributed by atoms with Crippen molar-refractivity contribution in [2.24, 2.45) is 0 Å². The molecule has 2 aromatic heterocycles. The molecule has 0 aliphatic heterocycles. The normalized spacial score (nSPS) is 14.1. The number of pyridine rings is 1. The number of aromatic nitrogens is 3. The molecule has 0 spiro atoms. The Balaban J connectivity index is 1.79. The largest absolute Gasteiger partial charge is 0.330 e. The highest BCUT2D eigenvalue weighted by atomic mass is 35.5. The molecule has 0 N–H and O–H groups in total. The Hall–Kier alpha value is -2.01. The van der Waals surface area contributed by atoms with Crippen LogP contribution in [0.1, 0.15) is 28.9 Å². The SMILES string of the molecule is O=C(c1cccnc1)N(Cc1cnc(Cl)cn1)C1CC1. The second kappa shape index (κ2) is 5.54. The molecule has 1 aliphatic carbocycles. The Morgan fingerprint density at radius 3 is 2.75 bits per heavy atom. The molecule has 2 heterocycles. The number of hydrogen-bond acceptors (Lipinski definition) is 4. The van der Waals surface area contributed by atoms with Crippen molar-refractivity contribution in [1.82, 2.24) is 19.9 Å². The lowest BCUT2D eigenvalue weighted by Crippen LogP contribution is -2.33. The van der Waals surface area contributed by atoms with Gasteiger partial charge in [-0.25, -0.2) is 4.98 Å². The molecule has 1 aliphatic rings. The first-order chi connectivity index (χ1) is 9.74. The molecule has 102 valence electrons. The number of carbonyl (C=O) groups is 1. The van der Waals surface area contributed by atoms with E-state index in [0.29, 0.717) is 23.3 Å². The lowest BCUT2D eigenvalue weighted by atomic mass is 10.2. The van der Waals surface area contributed by atoms with Crippen molar-refractivity contribution in [1.29, 1.82) is 0 Å². The van der Waals surface area contributed by atoms with Gasteiger partial charge in [0.05, 0.1) is 30.2 Å². The van der Waals surface area contributed by atoms with E-state index in [2.05, 4.69) is 15.0 Å². The van der Waals surface area contributed by atoms with Gasteiger partial charge in [-0.2, -0.15) is 0 Å². The van der Waals surface area contributed by atoms with Gasteiger partial charge in [-0.05, 0) is 25.0 Å². The maximum Gasteiger partial charge on any atom is 0.256 e. The van der Waals surface area contributed by atoms with E-state index in [-0.39, 0.29) is 5.91 Å². The first-order valence-electron chi connectivity index (χ1n) is 6.41. The third-order valence-corrected chi connectivity index (χ3v) is 3.36. The van der Waals surface area contributed by atoms with Crippen LogP contribution in [0, 0.1) is 0 Å². The summed E-state index contributed by atoms with van der Waals surface area (Å²) in [6, 6.07) is 3.83. The van der Waals surface area contributed by atoms with Gasteiger partial charge >= 0.3 is 0 Å². The molecule has 0 radical (unpaired) electrons. The summed E-state index contributed by atoms with van der Waals surface area (Å²) in [6.07, 6.45) is 8.42. The molecule has 0 bridgehead atoms. The van der Waals surface area contributed by atoms with Crippen LogP contribution in [0.4, 0.5) is 0 Å². The minimum Gasteiger partial charge on any atom is -0.330 e. The van der Waals surface area contributed by atoms with E-state index in [1.807, 2.05) is 4.90 Å². The predicted octanol–water partition coefficient (Wildman–Crippen LogP) is 2.33. The van der Waals surface area contributed by atoms with Gasteiger partial charge < -0.3 is 4.90 Å². The van der Waals surface area contributed by atoms with E-state index in [1.54, 1.807) is 30.7 Å². The summed E-state index contributed by atoms with van der Waals surface area (Å²) in [7, 11) is 0. The first kappa shape index (κ1) is 13.0. The van der Waals surface area contributed by atoms with Crippen molar-refractivity contribution in [3.05, 3.63) is 53.3 Å². The maximum atomic E-state index is 12.5. The minimum absolute atomic E-state index is 0.0163. The highest BCUT2D eigenvalue weighted by molar-refractivity contribution is 6.29. The smallest absolute Gasteiger partial charge is 0.256 e. The minimum atomic E-state index is -0.0163. The fourth-order valence-electron chi connectivity index (χ4n) is 2.00. The van der Waals surface area contributed by atoms with Crippen LogP contribution < -0.4 is 0 Å². The third-order valence-electron chi connectivity index (χ3n) is 3.16. The summed E-state index contributed by atoms with van der Waals surface area (Å²) >= 11 is 5.72. The van der Waals surface area contributed by atoms with Gasteiger partial charge in [0.1, 0.15) is 5.15 Å². The summed E-state index contributed by atoms with van der Waals surface area (Å²) in [4.78, 5) is 26.5. The molecule has 3 rings (SSSR count). The third kappa shape index (κ3) is 2.93. The molecule has 20 heavy (non-hydrogen) atoms. The number of carbonyl (C=O) groups excluding carboxylic acids is 1. The zero-order chi connectivity index (χ0) is 13.9. The van der Waals surface area contributed by atoms with E-state index in [1.165, 1.54) is 6.20 Å². The van der Waals surface area contributed by atoms with E-state index >= 15 is 0 Å². The summed E-state index contributed by atoms with van der Waals surface area (Å²) in [6.45, 7) is 0.447. The Labute approximate surface area is 121 Å². The number of amides is 1. The molecule has 1 fully saturated rings. The standard InChI is InChI=1S/C14H13ClN4O/c15-13-8-17-11(7-18-13)9-19(12-3-4-12)14(20)10-2-1-5-16-6-10/h1-2,5-8,12H,3-4,9H2. The van der Waals surface area contributed by atoms with Gasteiger partial charge in [-0.1, -0.05) is 11.6 Å². The highest BCUT2D eigenvalue weighted by Crippen LogP contribution is 2.29. The molecular formula is C14H13ClN4O. The zero-order valence-electron chi connectivity index (χ0n) is 10.7. The molecular weight excluding hydrogens is 276 g/mol. The van der Waals surface area contributed by atoms with Gasteiger partial charge in [0.15, 0.2) is 0 Å². The molecule has 1 amide bonds. The average molecular weight is 289 g/mol. The Kier molecular flexibility index (Phi) is 3.60. The lowest BCUT2D eigenvalue weighted by molar-refractivity contribution is 0.0727. The number of halogens is 1. The van der Waals surface area contributed by atoms with Crippen molar-refractivity contribution in [3.8, 4) is 0 Å². The summed E-state index contributed by atoms with van der Waals surface area (Å²) in [5.41, 5.74) is 1.33. The number of rotatable bonds is 4. The van der Waals surface area contributed by atoms with Crippen molar-refractivity contribution >= 4 is 17.5 Å². The second-order valence-electron chi connectivity index (χ2n) is 4.74. The summed E-state index contributed by atoms with van der Waals surface area (Å²) in [5.74, 6) is -0.0163. The van der Waals surface area contributed by atoms with Crippen molar-refractivity contribution in [2.75, 3.05) is 0 Å². The average Bonchev–Trinajstić information content (AvgIpc) is 3.31. The van der Waals surface area contributed by atoms with Crippen LogP contribution in [-0.4, -0.2) is 31.8 Å². The van der Waals surface area contributed by atoms with Crippen LogP contribution in [0.2, 0.25) is 5.15 Å². The Morgan fingerprint density at radius 2 is 2.15 bits per heavy atom. The van der Waals surface area contributed by atoms with E-state index in [9.17, 15) is 4.79 Å². The van der Waals surface area contributed by atoms with Gasteiger partial charge in [-0.15, -0.1) is 0 Å². The fraction of sp³-hybridized carbons (Fsp3) is 0.286.